The first-order chi connectivity index (χ1) is 10.0. The molecule has 0 aromatic carbocycles. The van der Waals surface area contributed by atoms with Gasteiger partial charge < -0.3 is 10.1 Å². The molecule has 2 rings (SSSR count). The Morgan fingerprint density at radius 3 is 2.86 bits per heavy atom. The van der Waals surface area contributed by atoms with E-state index in [0.717, 1.165) is 5.01 Å². The highest BCUT2D eigenvalue weighted by molar-refractivity contribution is 7.09. The second-order valence-electron chi connectivity index (χ2n) is 4.05. The molecule has 8 nitrogen and oxygen atoms in total. The summed E-state index contributed by atoms with van der Waals surface area (Å²) in [5.74, 6) is -0.652. The largest absolute Gasteiger partial charge is 0.464 e. The molecule has 21 heavy (non-hydrogen) atoms. The lowest BCUT2D eigenvalue weighted by Crippen LogP contribution is -2.12. The van der Waals surface area contributed by atoms with E-state index in [-0.39, 0.29) is 23.2 Å². The molecule has 2 aromatic heterocycles. The normalized spacial score (nSPS) is 11.7. The summed E-state index contributed by atoms with van der Waals surface area (Å²) in [4.78, 5) is 30.0. The number of esters is 1. The van der Waals surface area contributed by atoms with Crippen LogP contribution in [-0.4, -0.2) is 28.0 Å². The molecule has 0 saturated heterocycles. The monoisotopic (exact) mass is 308 g/mol. The van der Waals surface area contributed by atoms with Crippen LogP contribution in [0.2, 0.25) is 0 Å². The van der Waals surface area contributed by atoms with Gasteiger partial charge in [0, 0.05) is 17.6 Å². The number of carbonyl (C=O) groups is 1. The lowest BCUT2D eigenvalue weighted by Gasteiger charge is -2.12. The van der Waals surface area contributed by atoms with Crippen LogP contribution in [0.5, 0.6) is 0 Å². The van der Waals surface area contributed by atoms with Crippen LogP contribution in [0.4, 0.5) is 11.5 Å². The summed E-state index contributed by atoms with van der Waals surface area (Å²) >= 11 is 1.42. The van der Waals surface area contributed by atoms with E-state index in [1.54, 1.807) is 18.5 Å². The molecule has 0 aliphatic carbocycles. The molecular weight excluding hydrogens is 296 g/mol. The second-order valence-corrected chi connectivity index (χ2v) is 4.98. The average molecular weight is 308 g/mol. The first-order valence-electron chi connectivity index (χ1n) is 5.92. The maximum atomic E-state index is 11.5. The Balaban J connectivity index is 2.34. The third kappa shape index (κ3) is 3.31. The molecule has 110 valence electrons. The van der Waals surface area contributed by atoms with Crippen molar-refractivity contribution in [3.05, 3.63) is 44.5 Å². The highest BCUT2D eigenvalue weighted by Gasteiger charge is 2.21. The van der Waals surface area contributed by atoms with Gasteiger partial charge in [-0.1, -0.05) is 0 Å². The van der Waals surface area contributed by atoms with Gasteiger partial charge in [0.1, 0.15) is 5.01 Å². The fourth-order valence-electron chi connectivity index (χ4n) is 1.64. The van der Waals surface area contributed by atoms with Crippen LogP contribution in [-0.2, 0) is 4.74 Å². The van der Waals surface area contributed by atoms with E-state index >= 15 is 0 Å². The van der Waals surface area contributed by atoms with Crippen molar-refractivity contribution in [3.63, 3.8) is 0 Å². The van der Waals surface area contributed by atoms with E-state index in [9.17, 15) is 14.9 Å². The number of aromatic nitrogens is 2. The Morgan fingerprint density at radius 2 is 2.29 bits per heavy atom. The summed E-state index contributed by atoms with van der Waals surface area (Å²) in [7, 11) is 1.22. The highest BCUT2D eigenvalue weighted by atomic mass is 32.1. The SMILES string of the molecule is COC(=O)c1ccc([N+](=O)[O-])c(NC(C)c2nccs2)n1. The maximum Gasteiger partial charge on any atom is 0.356 e. The van der Waals surface area contributed by atoms with Crippen molar-refractivity contribution < 1.29 is 14.5 Å². The molecule has 0 radical (unpaired) electrons. The van der Waals surface area contributed by atoms with E-state index in [1.807, 2.05) is 0 Å². The van der Waals surface area contributed by atoms with Gasteiger partial charge in [-0.15, -0.1) is 11.3 Å². The Hall–Kier alpha value is -2.55. The molecule has 2 heterocycles. The van der Waals surface area contributed by atoms with Crippen LogP contribution >= 0.6 is 11.3 Å². The lowest BCUT2D eigenvalue weighted by molar-refractivity contribution is -0.384. The number of ether oxygens (including phenoxy) is 1. The fraction of sp³-hybridized carbons (Fsp3) is 0.250. The van der Waals surface area contributed by atoms with Crippen molar-refractivity contribution in [2.45, 2.75) is 13.0 Å². The van der Waals surface area contributed by atoms with E-state index in [4.69, 9.17) is 0 Å². The smallest absolute Gasteiger partial charge is 0.356 e. The molecule has 0 aliphatic heterocycles. The van der Waals surface area contributed by atoms with Gasteiger partial charge in [0.05, 0.1) is 18.1 Å². The predicted molar refractivity (Wildman–Crippen MR) is 76.4 cm³/mol. The Bertz CT molecular complexity index is 659. The van der Waals surface area contributed by atoms with Gasteiger partial charge in [-0.05, 0) is 13.0 Å². The molecule has 2 aromatic rings. The topological polar surface area (TPSA) is 107 Å². The van der Waals surface area contributed by atoms with Gasteiger partial charge in [-0.25, -0.2) is 14.8 Å². The molecule has 1 atom stereocenters. The van der Waals surface area contributed by atoms with Crippen molar-refractivity contribution in [1.82, 2.24) is 9.97 Å². The summed E-state index contributed by atoms with van der Waals surface area (Å²) in [5, 5.41) is 16.5. The average Bonchev–Trinajstić information content (AvgIpc) is 3.00. The number of thiazole rings is 1. The minimum absolute atomic E-state index is 0.00283. The van der Waals surface area contributed by atoms with Gasteiger partial charge >= 0.3 is 11.7 Å². The summed E-state index contributed by atoms with van der Waals surface area (Å²) < 4.78 is 4.56. The molecule has 1 N–H and O–H groups in total. The molecule has 9 heteroatoms. The number of rotatable bonds is 5. The highest BCUT2D eigenvalue weighted by Crippen LogP contribution is 2.27. The van der Waals surface area contributed by atoms with Gasteiger partial charge in [-0.2, -0.15) is 0 Å². The molecule has 0 aliphatic rings. The van der Waals surface area contributed by atoms with E-state index in [1.165, 1.54) is 30.6 Å². The lowest BCUT2D eigenvalue weighted by atomic mass is 10.3. The summed E-state index contributed by atoms with van der Waals surface area (Å²) in [6.07, 6.45) is 1.64. The Kier molecular flexibility index (Phi) is 4.43. The second kappa shape index (κ2) is 6.27. The number of nitrogens with zero attached hydrogens (tertiary/aromatic N) is 3. The van der Waals surface area contributed by atoms with Crippen LogP contribution in [0, 0.1) is 10.1 Å². The van der Waals surface area contributed by atoms with Crippen molar-refractivity contribution in [2.75, 3.05) is 12.4 Å². The minimum atomic E-state index is -0.658. The molecule has 1 unspecified atom stereocenters. The van der Waals surface area contributed by atoms with Crippen LogP contribution in [0.3, 0.4) is 0 Å². The van der Waals surface area contributed by atoms with Crippen LogP contribution in [0.25, 0.3) is 0 Å². The van der Waals surface area contributed by atoms with E-state index in [2.05, 4.69) is 20.0 Å². The molecule has 0 amide bonds. The predicted octanol–water partition coefficient (Wildman–Crippen LogP) is 2.41. The maximum absolute atomic E-state index is 11.5. The number of anilines is 1. The Labute approximate surface area is 124 Å². The number of hydrogen-bond acceptors (Lipinski definition) is 8. The zero-order valence-electron chi connectivity index (χ0n) is 11.3. The van der Waals surface area contributed by atoms with Gasteiger partial charge in [-0.3, -0.25) is 10.1 Å². The van der Waals surface area contributed by atoms with Crippen LogP contribution in [0.1, 0.15) is 28.5 Å². The van der Waals surface area contributed by atoms with Crippen molar-refractivity contribution >= 4 is 28.8 Å². The van der Waals surface area contributed by atoms with Crippen LogP contribution in [0.15, 0.2) is 23.7 Å². The zero-order chi connectivity index (χ0) is 15.4. The van der Waals surface area contributed by atoms with E-state index in [0.29, 0.717) is 0 Å². The zero-order valence-corrected chi connectivity index (χ0v) is 12.1. The standard InChI is InChI=1S/C12H12N4O4S/c1-7(11-13-5-6-21-11)14-10-9(16(18)19)4-3-8(15-10)12(17)20-2/h3-7H,1-2H3,(H,14,15). The molecule has 0 bridgehead atoms. The summed E-state index contributed by atoms with van der Waals surface area (Å²) in [6, 6.07) is 2.20. The van der Waals surface area contributed by atoms with Gasteiger partial charge in [0.15, 0.2) is 5.69 Å². The van der Waals surface area contributed by atoms with Crippen molar-refractivity contribution in [1.29, 1.82) is 0 Å². The quantitative estimate of drug-likeness (QED) is 0.513. The minimum Gasteiger partial charge on any atom is -0.464 e. The third-order valence-corrected chi connectivity index (χ3v) is 3.60. The van der Waals surface area contributed by atoms with Crippen molar-refractivity contribution in [2.24, 2.45) is 0 Å². The summed E-state index contributed by atoms with van der Waals surface area (Å²) in [6.45, 7) is 1.80. The number of nitrogens with one attached hydrogen (secondary N) is 1. The number of methoxy groups -OCH3 is 1. The third-order valence-electron chi connectivity index (χ3n) is 2.64. The number of carbonyl (C=O) groups excluding carboxylic acids is 1. The molecule has 0 fully saturated rings. The van der Waals surface area contributed by atoms with Crippen LogP contribution < -0.4 is 5.32 Å². The first-order valence-corrected chi connectivity index (χ1v) is 6.80. The first kappa shape index (κ1) is 14.9. The van der Waals surface area contributed by atoms with Crippen molar-refractivity contribution in [3.8, 4) is 0 Å². The summed E-state index contributed by atoms with van der Waals surface area (Å²) in [5.41, 5.74) is -0.219. The molecule has 0 spiro atoms. The number of pyridine rings is 1. The number of hydrogen-bond donors (Lipinski definition) is 1. The number of nitro groups is 1. The fourth-order valence-corrected chi connectivity index (χ4v) is 2.28. The van der Waals surface area contributed by atoms with E-state index < -0.39 is 10.9 Å². The van der Waals surface area contributed by atoms with Gasteiger partial charge in [0.2, 0.25) is 5.82 Å². The Morgan fingerprint density at radius 1 is 1.52 bits per heavy atom. The van der Waals surface area contributed by atoms with Gasteiger partial charge in [0.25, 0.3) is 0 Å². The molecule has 0 saturated carbocycles. The molecular formula is C12H12N4O4S.